The molecule has 0 spiro atoms. The Balaban J connectivity index is 0.00000300. The predicted molar refractivity (Wildman–Crippen MR) is 125 cm³/mol. The molecule has 0 radical (unpaired) electrons. The highest BCUT2D eigenvalue weighted by molar-refractivity contribution is 14.0. The van der Waals surface area contributed by atoms with Gasteiger partial charge in [0.25, 0.3) is 0 Å². The Kier molecular flexibility index (Phi) is 8.94. The van der Waals surface area contributed by atoms with Crippen LogP contribution in [0, 0.1) is 12.8 Å². The Labute approximate surface area is 189 Å². The van der Waals surface area contributed by atoms with Gasteiger partial charge in [-0.25, -0.2) is 4.98 Å². The molecule has 2 heterocycles. The van der Waals surface area contributed by atoms with Crippen LogP contribution in [-0.2, 0) is 11.2 Å². The molecular weight excluding hydrogens is 481 g/mol. The molecule has 1 amide bonds. The summed E-state index contributed by atoms with van der Waals surface area (Å²) in [4.78, 5) is 22.4. The van der Waals surface area contributed by atoms with Crippen LogP contribution in [0.1, 0.15) is 30.5 Å². The smallest absolute Gasteiger partial charge is 0.226 e. The number of rotatable bonds is 6. The third kappa shape index (κ3) is 6.73. The molecule has 1 saturated heterocycles. The topological polar surface area (TPSA) is 96.8 Å². The molecule has 1 atom stereocenters. The molecule has 1 unspecified atom stereocenters. The number of carbonyl (C=O) groups excluding carboxylic acids is 1. The SMILES string of the molecule is CN=C(NCCc1coc(-c2ccc(C)cc2)n1)N1CCCC(CC(N)=O)C1.I. The minimum Gasteiger partial charge on any atom is -0.444 e. The second-order valence-electron chi connectivity index (χ2n) is 7.36. The van der Waals surface area contributed by atoms with Crippen molar-refractivity contribution in [2.75, 3.05) is 26.7 Å². The van der Waals surface area contributed by atoms with Gasteiger partial charge in [0.05, 0.1) is 5.69 Å². The molecule has 7 nitrogen and oxygen atoms in total. The number of carbonyl (C=O) groups is 1. The summed E-state index contributed by atoms with van der Waals surface area (Å²) in [7, 11) is 1.78. The van der Waals surface area contributed by atoms with E-state index < -0.39 is 0 Å². The van der Waals surface area contributed by atoms with Gasteiger partial charge in [0.1, 0.15) is 6.26 Å². The van der Waals surface area contributed by atoms with Crippen molar-refractivity contribution in [3.8, 4) is 11.5 Å². The Bertz CT molecular complexity index is 819. The van der Waals surface area contributed by atoms with Crippen molar-refractivity contribution in [3.63, 3.8) is 0 Å². The third-order valence-electron chi connectivity index (χ3n) is 5.03. The molecule has 1 aliphatic rings. The predicted octanol–water partition coefficient (Wildman–Crippen LogP) is 2.97. The van der Waals surface area contributed by atoms with E-state index in [2.05, 4.69) is 39.2 Å². The van der Waals surface area contributed by atoms with Crippen LogP contribution in [0.3, 0.4) is 0 Å². The van der Waals surface area contributed by atoms with E-state index >= 15 is 0 Å². The standard InChI is InChI=1S/C21H29N5O2.HI/c1-15-5-7-17(8-6-15)20-25-18(14-28-20)9-10-24-21(23-2)26-11-3-4-16(13-26)12-19(22)27;/h5-8,14,16H,3-4,9-13H2,1-2H3,(H2,22,27)(H,23,24);1H. The van der Waals surface area contributed by atoms with Crippen molar-refractivity contribution < 1.29 is 9.21 Å². The number of nitrogens with one attached hydrogen (secondary N) is 1. The van der Waals surface area contributed by atoms with Crippen LogP contribution in [0.4, 0.5) is 0 Å². The number of nitrogens with zero attached hydrogens (tertiary/aromatic N) is 3. The Morgan fingerprint density at radius 3 is 2.83 bits per heavy atom. The minimum atomic E-state index is -0.231. The number of aliphatic imine (C=N–C) groups is 1. The first-order chi connectivity index (χ1) is 13.5. The second-order valence-corrected chi connectivity index (χ2v) is 7.36. The van der Waals surface area contributed by atoms with E-state index in [0.29, 0.717) is 24.8 Å². The lowest BCUT2D eigenvalue weighted by molar-refractivity contribution is -0.119. The molecule has 3 N–H and O–H groups in total. The van der Waals surface area contributed by atoms with E-state index in [1.807, 2.05) is 12.1 Å². The van der Waals surface area contributed by atoms with Crippen molar-refractivity contribution in [1.82, 2.24) is 15.2 Å². The maximum atomic E-state index is 11.2. The summed E-state index contributed by atoms with van der Waals surface area (Å²) in [6.07, 6.45) is 4.98. The number of guanidine groups is 1. The van der Waals surface area contributed by atoms with Gasteiger partial charge >= 0.3 is 0 Å². The minimum absolute atomic E-state index is 0. The number of hydrogen-bond acceptors (Lipinski definition) is 4. The van der Waals surface area contributed by atoms with Crippen LogP contribution in [0.15, 0.2) is 39.9 Å². The normalized spacial score (nSPS) is 17.0. The molecule has 1 aromatic carbocycles. The van der Waals surface area contributed by atoms with Crippen molar-refractivity contribution in [3.05, 3.63) is 41.8 Å². The number of amides is 1. The molecule has 158 valence electrons. The molecule has 1 aromatic heterocycles. The Morgan fingerprint density at radius 2 is 2.14 bits per heavy atom. The average Bonchev–Trinajstić information content (AvgIpc) is 3.14. The second kappa shape index (κ2) is 11.2. The van der Waals surface area contributed by atoms with Crippen molar-refractivity contribution in [1.29, 1.82) is 0 Å². The van der Waals surface area contributed by atoms with Crippen molar-refractivity contribution >= 4 is 35.8 Å². The van der Waals surface area contributed by atoms with Gasteiger partial charge in [-0.1, -0.05) is 17.7 Å². The highest BCUT2D eigenvalue weighted by Crippen LogP contribution is 2.20. The Morgan fingerprint density at radius 1 is 1.38 bits per heavy atom. The zero-order chi connectivity index (χ0) is 19.9. The number of benzene rings is 1. The molecule has 2 aromatic rings. The largest absolute Gasteiger partial charge is 0.444 e. The highest BCUT2D eigenvalue weighted by atomic mass is 127. The summed E-state index contributed by atoms with van der Waals surface area (Å²) >= 11 is 0. The number of halogens is 1. The monoisotopic (exact) mass is 511 g/mol. The maximum absolute atomic E-state index is 11.2. The van der Waals surface area contributed by atoms with Crippen LogP contribution >= 0.6 is 24.0 Å². The first kappa shape index (κ1) is 23.2. The first-order valence-electron chi connectivity index (χ1n) is 9.80. The van der Waals surface area contributed by atoms with Gasteiger partial charge in [-0.2, -0.15) is 0 Å². The molecule has 0 saturated carbocycles. The van der Waals surface area contributed by atoms with Crippen LogP contribution in [0.2, 0.25) is 0 Å². The van der Waals surface area contributed by atoms with E-state index in [-0.39, 0.29) is 29.9 Å². The summed E-state index contributed by atoms with van der Waals surface area (Å²) in [5, 5.41) is 3.40. The fourth-order valence-electron chi connectivity index (χ4n) is 3.59. The van der Waals surface area contributed by atoms with E-state index in [1.165, 1.54) is 5.56 Å². The molecule has 1 aliphatic heterocycles. The number of oxazole rings is 1. The number of likely N-dealkylation sites (tertiary alicyclic amines) is 1. The number of hydrogen-bond donors (Lipinski definition) is 2. The third-order valence-corrected chi connectivity index (χ3v) is 5.03. The molecule has 0 bridgehead atoms. The number of nitrogens with two attached hydrogens (primary N) is 1. The van der Waals surface area contributed by atoms with Gasteiger partial charge in [0.15, 0.2) is 5.96 Å². The lowest BCUT2D eigenvalue weighted by Gasteiger charge is -2.34. The lowest BCUT2D eigenvalue weighted by atomic mass is 9.95. The summed E-state index contributed by atoms with van der Waals surface area (Å²) in [5.74, 6) is 1.57. The van der Waals surface area contributed by atoms with Gasteiger partial charge in [-0.05, 0) is 37.8 Å². The number of aromatic nitrogens is 1. The first-order valence-corrected chi connectivity index (χ1v) is 9.80. The fourth-order valence-corrected chi connectivity index (χ4v) is 3.59. The molecule has 8 heteroatoms. The number of piperidine rings is 1. The van der Waals surface area contributed by atoms with Crippen LogP contribution in [-0.4, -0.2) is 48.4 Å². The van der Waals surface area contributed by atoms with Crippen LogP contribution in [0.5, 0.6) is 0 Å². The zero-order valence-corrected chi connectivity index (χ0v) is 19.4. The molecule has 3 rings (SSSR count). The van der Waals surface area contributed by atoms with Crippen molar-refractivity contribution in [2.45, 2.75) is 32.6 Å². The van der Waals surface area contributed by atoms with Gasteiger partial charge in [-0.15, -0.1) is 24.0 Å². The summed E-state index contributed by atoms with van der Waals surface area (Å²) < 4.78 is 5.62. The van der Waals surface area contributed by atoms with Gasteiger partial charge in [-0.3, -0.25) is 9.79 Å². The van der Waals surface area contributed by atoms with Crippen LogP contribution in [0.25, 0.3) is 11.5 Å². The number of primary amides is 1. The molecule has 1 fully saturated rings. The van der Waals surface area contributed by atoms with Gasteiger partial charge < -0.3 is 20.4 Å². The maximum Gasteiger partial charge on any atom is 0.226 e. The van der Waals surface area contributed by atoms with Gasteiger partial charge in [0, 0.05) is 45.1 Å². The van der Waals surface area contributed by atoms with Gasteiger partial charge in [0.2, 0.25) is 11.8 Å². The number of aryl methyl sites for hydroxylation is 1. The lowest BCUT2D eigenvalue weighted by Crippen LogP contribution is -2.47. The molecule has 29 heavy (non-hydrogen) atoms. The van der Waals surface area contributed by atoms with E-state index in [0.717, 1.165) is 49.6 Å². The highest BCUT2D eigenvalue weighted by Gasteiger charge is 2.23. The molecule has 0 aliphatic carbocycles. The summed E-state index contributed by atoms with van der Waals surface area (Å²) in [5.41, 5.74) is 8.45. The van der Waals surface area contributed by atoms with E-state index in [9.17, 15) is 4.79 Å². The summed E-state index contributed by atoms with van der Waals surface area (Å²) in [6, 6.07) is 8.14. The van der Waals surface area contributed by atoms with E-state index in [1.54, 1.807) is 13.3 Å². The van der Waals surface area contributed by atoms with Crippen LogP contribution < -0.4 is 11.1 Å². The van der Waals surface area contributed by atoms with E-state index in [4.69, 9.17) is 10.2 Å². The summed E-state index contributed by atoms with van der Waals surface area (Å²) in [6.45, 7) is 4.52. The molecular formula is C21H30IN5O2. The van der Waals surface area contributed by atoms with Crippen molar-refractivity contribution in [2.24, 2.45) is 16.6 Å². The fraction of sp³-hybridized carbons (Fsp3) is 0.476. The Hall–Kier alpha value is -2.10. The zero-order valence-electron chi connectivity index (χ0n) is 17.1. The average molecular weight is 511 g/mol. The quantitative estimate of drug-likeness (QED) is 0.353.